The van der Waals surface area contributed by atoms with Crippen LogP contribution in [0.15, 0.2) is 0 Å². The zero-order valence-electron chi connectivity index (χ0n) is 11.7. The molecule has 0 aromatic rings. The molecule has 2 nitrogen and oxygen atoms in total. The standard InChI is InChI=1S/C13H28N2S/c1-10(2)9-15(11(3)4)8-7-13(5,6)12(14)16/h10-11H,7-9H2,1-6H3,(H2,14,16). The third-order valence-corrected chi connectivity index (χ3v) is 3.57. The van der Waals surface area contributed by atoms with Gasteiger partial charge in [0.05, 0.1) is 4.99 Å². The van der Waals surface area contributed by atoms with Gasteiger partial charge in [-0.05, 0) is 32.7 Å². The van der Waals surface area contributed by atoms with Crippen LogP contribution >= 0.6 is 12.2 Å². The van der Waals surface area contributed by atoms with Crippen LogP contribution in [0.5, 0.6) is 0 Å². The van der Waals surface area contributed by atoms with E-state index in [-0.39, 0.29) is 5.41 Å². The van der Waals surface area contributed by atoms with Crippen molar-refractivity contribution in [1.82, 2.24) is 4.90 Å². The number of nitrogens with two attached hydrogens (primary N) is 1. The van der Waals surface area contributed by atoms with Crippen LogP contribution in [-0.2, 0) is 0 Å². The van der Waals surface area contributed by atoms with Gasteiger partial charge in [-0.1, -0.05) is 39.9 Å². The van der Waals surface area contributed by atoms with Crippen LogP contribution in [0.3, 0.4) is 0 Å². The van der Waals surface area contributed by atoms with Gasteiger partial charge in [0.2, 0.25) is 0 Å². The Bertz CT molecular complexity index is 222. The highest BCUT2D eigenvalue weighted by atomic mass is 32.1. The Hall–Kier alpha value is -0.150. The molecule has 2 N–H and O–H groups in total. The Labute approximate surface area is 107 Å². The molecule has 0 amide bonds. The van der Waals surface area contributed by atoms with Gasteiger partial charge in [-0.15, -0.1) is 0 Å². The summed E-state index contributed by atoms with van der Waals surface area (Å²) in [6.45, 7) is 15.5. The quantitative estimate of drug-likeness (QED) is 0.698. The lowest BCUT2D eigenvalue weighted by Gasteiger charge is -2.32. The summed E-state index contributed by atoms with van der Waals surface area (Å²) in [5.74, 6) is 0.704. The number of hydrogen-bond acceptors (Lipinski definition) is 2. The molecular weight excluding hydrogens is 216 g/mol. The zero-order chi connectivity index (χ0) is 12.9. The van der Waals surface area contributed by atoms with Crippen molar-refractivity contribution in [3.05, 3.63) is 0 Å². The van der Waals surface area contributed by atoms with Crippen molar-refractivity contribution in [2.45, 2.75) is 54.0 Å². The SMILES string of the molecule is CC(C)CN(CCC(C)(C)C(N)=S)C(C)C. The van der Waals surface area contributed by atoms with Crippen LogP contribution in [0.25, 0.3) is 0 Å². The molecule has 0 rings (SSSR count). The van der Waals surface area contributed by atoms with Gasteiger partial charge in [0.1, 0.15) is 0 Å². The van der Waals surface area contributed by atoms with Gasteiger partial charge in [-0.3, -0.25) is 0 Å². The Morgan fingerprint density at radius 2 is 1.75 bits per heavy atom. The number of nitrogens with zero attached hydrogens (tertiary/aromatic N) is 1. The fourth-order valence-corrected chi connectivity index (χ4v) is 1.68. The molecule has 0 radical (unpaired) electrons. The molecule has 96 valence electrons. The minimum atomic E-state index is -0.0283. The number of thiocarbonyl (C=S) groups is 1. The molecule has 0 fully saturated rings. The van der Waals surface area contributed by atoms with E-state index in [1.807, 2.05) is 0 Å². The molecule has 0 atom stereocenters. The molecular formula is C13H28N2S. The van der Waals surface area contributed by atoms with Crippen molar-refractivity contribution in [2.24, 2.45) is 17.1 Å². The predicted molar refractivity (Wildman–Crippen MR) is 76.7 cm³/mol. The highest BCUT2D eigenvalue weighted by molar-refractivity contribution is 7.80. The van der Waals surface area contributed by atoms with Gasteiger partial charge >= 0.3 is 0 Å². The monoisotopic (exact) mass is 244 g/mol. The predicted octanol–water partition coefficient (Wildman–Crippen LogP) is 3.06. The molecule has 0 bridgehead atoms. The fourth-order valence-electron chi connectivity index (χ4n) is 1.58. The van der Waals surface area contributed by atoms with Crippen molar-refractivity contribution in [3.8, 4) is 0 Å². The van der Waals surface area contributed by atoms with Crippen LogP contribution in [-0.4, -0.2) is 29.0 Å². The van der Waals surface area contributed by atoms with Gasteiger partial charge in [0.25, 0.3) is 0 Å². The van der Waals surface area contributed by atoms with Crippen LogP contribution in [0.4, 0.5) is 0 Å². The third-order valence-electron chi connectivity index (χ3n) is 3.02. The third kappa shape index (κ3) is 5.80. The first kappa shape index (κ1) is 15.9. The van der Waals surface area contributed by atoms with Crippen molar-refractivity contribution in [2.75, 3.05) is 13.1 Å². The highest BCUT2D eigenvalue weighted by Crippen LogP contribution is 2.21. The van der Waals surface area contributed by atoms with Crippen LogP contribution in [0.2, 0.25) is 0 Å². The molecule has 0 saturated carbocycles. The van der Waals surface area contributed by atoms with Gasteiger partial charge in [0.15, 0.2) is 0 Å². The molecule has 0 spiro atoms. The summed E-state index contributed by atoms with van der Waals surface area (Å²) in [5, 5.41) is 0. The lowest BCUT2D eigenvalue weighted by atomic mass is 9.89. The largest absolute Gasteiger partial charge is 0.393 e. The second-order valence-electron chi connectivity index (χ2n) is 5.98. The maximum absolute atomic E-state index is 5.75. The Balaban J connectivity index is 4.27. The molecule has 0 aliphatic carbocycles. The summed E-state index contributed by atoms with van der Waals surface area (Å²) in [7, 11) is 0. The first-order valence-corrected chi connectivity index (χ1v) is 6.61. The topological polar surface area (TPSA) is 29.3 Å². The van der Waals surface area contributed by atoms with Gasteiger partial charge in [-0.25, -0.2) is 0 Å². The van der Waals surface area contributed by atoms with E-state index in [1.54, 1.807) is 0 Å². The van der Waals surface area contributed by atoms with Crippen molar-refractivity contribution in [3.63, 3.8) is 0 Å². The highest BCUT2D eigenvalue weighted by Gasteiger charge is 2.23. The Kier molecular flexibility index (Phi) is 6.49. The molecule has 0 aromatic heterocycles. The minimum Gasteiger partial charge on any atom is -0.393 e. The minimum absolute atomic E-state index is 0.0283. The fraction of sp³-hybridized carbons (Fsp3) is 0.923. The van der Waals surface area contributed by atoms with E-state index in [9.17, 15) is 0 Å². The van der Waals surface area contributed by atoms with Gasteiger partial charge in [0, 0.05) is 18.0 Å². The molecule has 0 aliphatic heterocycles. The number of rotatable bonds is 7. The normalized spacial score (nSPS) is 12.8. The van der Waals surface area contributed by atoms with Crippen molar-refractivity contribution in [1.29, 1.82) is 0 Å². The summed E-state index contributed by atoms with van der Waals surface area (Å²) < 4.78 is 0. The summed E-state index contributed by atoms with van der Waals surface area (Å²) in [6.07, 6.45) is 1.03. The van der Waals surface area contributed by atoms with E-state index in [2.05, 4.69) is 46.4 Å². The molecule has 0 heterocycles. The summed E-state index contributed by atoms with van der Waals surface area (Å²) in [5.41, 5.74) is 5.72. The Morgan fingerprint density at radius 1 is 1.25 bits per heavy atom. The maximum Gasteiger partial charge on any atom is 0.0784 e. The Morgan fingerprint density at radius 3 is 2.06 bits per heavy atom. The summed E-state index contributed by atoms with van der Waals surface area (Å²) in [4.78, 5) is 3.13. The van der Waals surface area contributed by atoms with Crippen LogP contribution in [0, 0.1) is 11.3 Å². The molecule has 0 unspecified atom stereocenters. The molecule has 0 aromatic carbocycles. The van der Waals surface area contributed by atoms with E-state index in [4.69, 9.17) is 18.0 Å². The molecule has 0 saturated heterocycles. The van der Waals surface area contributed by atoms with Gasteiger partial charge in [-0.2, -0.15) is 0 Å². The van der Waals surface area contributed by atoms with Crippen molar-refractivity contribution < 1.29 is 0 Å². The van der Waals surface area contributed by atoms with E-state index in [1.165, 1.54) is 0 Å². The lowest BCUT2D eigenvalue weighted by molar-refractivity contribution is 0.181. The summed E-state index contributed by atoms with van der Waals surface area (Å²) in [6, 6.07) is 0.588. The summed E-state index contributed by atoms with van der Waals surface area (Å²) >= 11 is 5.10. The van der Waals surface area contributed by atoms with E-state index in [0.717, 1.165) is 19.5 Å². The average Bonchev–Trinajstić information content (AvgIpc) is 2.10. The van der Waals surface area contributed by atoms with E-state index < -0.39 is 0 Å². The second kappa shape index (κ2) is 6.55. The van der Waals surface area contributed by atoms with Crippen LogP contribution in [0.1, 0.15) is 48.0 Å². The first-order chi connectivity index (χ1) is 7.16. The lowest BCUT2D eigenvalue weighted by Crippen LogP contribution is -2.39. The second-order valence-corrected chi connectivity index (χ2v) is 6.42. The van der Waals surface area contributed by atoms with Crippen LogP contribution < -0.4 is 5.73 Å². The smallest absolute Gasteiger partial charge is 0.0784 e. The van der Waals surface area contributed by atoms with E-state index in [0.29, 0.717) is 16.9 Å². The van der Waals surface area contributed by atoms with Gasteiger partial charge < -0.3 is 10.6 Å². The number of hydrogen-bond donors (Lipinski definition) is 1. The van der Waals surface area contributed by atoms with E-state index >= 15 is 0 Å². The maximum atomic E-state index is 5.75. The van der Waals surface area contributed by atoms with Crippen molar-refractivity contribution >= 4 is 17.2 Å². The zero-order valence-corrected chi connectivity index (χ0v) is 12.5. The molecule has 3 heteroatoms. The average molecular weight is 244 g/mol. The molecule has 0 aliphatic rings. The first-order valence-electron chi connectivity index (χ1n) is 6.20. The molecule has 16 heavy (non-hydrogen) atoms.